The maximum atomic E-state index is 14.3. The standard InChI is InChI=1S/C26H21ClF4N2O4/c1-33-23(35)10-13(24(33)36)9-22(34)18-7-6-17(15-3-2-4-16(15)18)21-12-25(37-32-21,26(29,30)31)14-5-8-20(28)19(27)11-14/h5-8,11,13H,2-4,9-10,12H2,1H3. The molecule has 0 bridgehead atoms. The van der Waals surface area contributed by atoms with Gasteiger partial charge < -0.3 is 4.84 Å². The van der Waals surface area contributed by atoms with E-state index in [9.17, 15) is 31.9 Å². The van der Waals surface area contributed by atoms with Crippen LogP contribution in [0, 0.1) is 11.7 Å². The fourth-order valence-electron chi connectivity index (χ4n) is 5.36. The summed E-state index contributed by atoms with van der Waals surface area (Å²) in [7, 11) is 1.38. The number of likely N-dealkylation sites (tertiary alicyclic amines) is 1. The number of hydrogen-bond acceptors (Lipinski definition) is 5. The Kier molecular flexibility index (Phi) is 6.13. The average Bonchev–Trinajstić information content (AvgIpc) is 3.56. The molecule has 1 fully saturated rings. The molecule has 5 rings (SSSR count). The number of fused-ring (bicyclic) bond motifs is 1. The fourth-order valence-corrected chi connectivity index (χ4v) is 5.54. The molecule has 1 saturated heterocycles. The third-order valence-electron chi connectivity index (χ3n) is 7.37. The van der Waals surface area contributed by atoms with Crippen LogP contribution in [0.4, 0.5) is 17.6 Å². The average molecular weight is 537 g/mol. The molecule has 6 nitrogen and oxygen atoms in total. The van der Waals surface area contributed by atoms with Gasteiger partial charge in [0.05, 0.1) is 16.7 Å². The molecule has 11 heteroatoms. The van der Waals surface area contributed by atoms with Gasteiger partial charge in [0, 0.05) is 43.0 Å². The first-order valence-electron chi connectivity index (χ1n) is 11.7. The third-order valence-corrected chi connectivity index (χ3v) is 7.66. The number of alkyl halides is 3. The van der Waals surface area contributed by atoms with Gasteiger partial charge in [-0.1, -0.05) is 35.0 Å². The van der Waals surface area contributed by atoms with Crippen LogP contribution in [0.3, 0.4) is 0 Å². The molecule has 2 amide bonds. The number of hydrogen-bond donors (Lipinski definition) is 0. The highest BCUT2D eigenvalue weighted by molar-refractivity contribution is 6.30. The van der Waals surface area contributed by atoms with Gasteiger partial charge in [0.15, 0.2) is 5.78 Å². The predicted molar refractivity (Wildman–Crippen MR) is 125 cm³/mol. The van der Waals surface area contributed by atoms with Crippen molar-refractivity contribution in [2.75, 3.05) is 7.05 Å². The summed E-state index contributed by atoms with van der Waals surface area (Å²) in [6, 6.07) is 5.81. The van der Waals surface area contributed by atoms with E-state index in [4.69, 9.17) is 16.4 Å². The van der Waals surface area contributed by atoms with Crippen molar-refractivity contribution in [2.45, 2.75) is 50.3 Å². The Labute approximate surface area is 214 Å². The van der Waals surface area contributed by atoms with Crippen molar-refractivity contribution >= 4 is 34.9 Å². The van der Waals surface area contributed by atoms with Crippen molar-refractivity contribution in [1.29, 1.82) is 0 Å². The van der Waals surface area contributed by atoms with Gasteiger partial charge >= 0.3 is 6.18 Å². The van der Waals surface area contributed by atoms with E-state index in [0.29, 0.717) is 41.5 Å². The van der Waals surface area contributed by atoms with Gasteiger partial charge in [-0.25, -0.2) is 4.39 Å². The number of nitrogens with zero attached hydrogens (tertiary/aromatic N) is 2. The lowest BCUT2D eigenvalue weighted by Gasteiger charge is -2.29. The van der Waals surface area contributed by atoms with Crippen LogP contribution in [0.15, 0.2) is 35.5 Å². The number of carbonyl (C=O) groups is 3. The molecule has 1 aliphatic carbocycles. The molecular weight excluding hydrogens is 516 g/mol. The van der Waals surface area contributed by atoms with E-state index in [-0.39, 0.29) is 35.8 Å². The monoisotopic (exact) mass is 536 g/mol. The topological polar surface area (TPSA) is 76.0 Å². The Morgan fingerprint density at radius 2 is 1.92 bits per heavy atom. The van der Waals surface area contributed by atoms with Gasteiger partial charge in [-0.15, -0.1) is 0 Å². The van der Waals surface area contributed by atoms with Crippen molar-refractivity contribution in [2.24, 2.45) is 11.1 Å². The Balaban J connectivity index is 1.45. The van der Waals surface area contributed by atoms with E-state index in [0.717, 1.165) is 23.1 Å². The lowest BCUT2D eigenvalue weighted by atomic mass is 9.84. The maximum absolute atomic E-state index is 14.3. The molecule has 37 heavy (non-hydrogen) atoms. The Morgan fingerprint density at radius 1 is 1.19 bits per heavy atom. The molecule has 2 unspecified atom stereocenters. The van der Waals surface area contributed by atoms with E-state index in [2.05, 4.69) is 5.16 Å². The van der Waals surface area contributed by atoms with Gasteiger partial charge in [-0.3, -0.25) is 19.3 Å². The molecule has 0 aromatic heterocycles. The fraction of sp³-hybridized carbons (Fsp3) is 0.385. The predicted octanol–water partition coefficient (Wildman–Crippen LogP) is 5.13. The second-order valence-corrected chi connectivity index (χ2v) is 9.96. The Hall–Kier alpha value is -3.27. The summed E-state index contributed by atoms with van der Waals surface area (Å²) in [5, 5.41) is 3.34. The summed E-state index contributed by atoms with van der Waals surface area (Å²) in [6.45, 7) is 0. The summed E-state index contributed by atoms with van der Waals surface area (Å²) in [6.07, 6.45) is -3.89. The first-order chi connectivity index (χ1) is 17.4. The highest BCUT2D eigenvalue weighted by atomic mass is 35.5. The van der Waals surface area contributed by atoms with Crippen LogP contribution in [0.1, 0.15) is 58.3 Å². The zero-order valence-electron chi connectivity index (χ0n) is 19.6. The second kappa shape index (κ2) is 8.93. The van der Waals surface area contributed by atoms with E-state index in [1.807, 2.05) is 0 Å². The van der Waals surface area contributed by atoms with Crippen molar-refractivity contribution in [3.8, 4) is 0 Å². The quantitative estimate of drug-likeness (QED) is 0.302. The molecular formula is C26H21ClF4N2O4. The Bertz CT molecular complexity index is 1370. The van der Waals surface area contributed by atoms with Gasteiger partial charge in [0.25, 0.3) is 5.60 Å². The van der Waals surface area contributed by atoms with Crippen molar-refractivity contribution in [3.63, 3.8) is 0 Å². The molecule has 0 saturated carbocycles. The molecule has 0 spiro atoms. The van der Waals surface area contributed by atoms with E-state index in [1.165, 1.54) is 13.1 Å². The highest BCUT2D eigenvalue weighted by Gasteiger charge is 2.62. The number of Topliss-reactive ketones (excluding diaryl/α,β-unsaturated/α-hetero) is 1. The minimum Gasteiger partial charge on any atom is -0.374 e. The molecule has 0 radical (unpaired) electrons. The summed E-state index contributed by atoms with van der Waals surface area (Å²) >= 11 is 5.76. The van der Waals surface area contributed by atoms with Gasteiger partial charge in [-0.2, -0.15) is 13.2 Å². The van der Waals surface area contributed by atoms with Crippen molar-refractivity contribution < 1.29 is 36.8 Å². The molecule has 2 aliphatic heterocycles. The second-order valence-electron chi connectivity index (χ2n) is 9.55. The molecule has 2 aromatic carbocycles. The first kappa shape index (κ1) is 25.4. The van der Waals surface area contributed by atoms with E-state index >= 15 is 0 Å². The number of imide groups is 1. The summed E-state index contributed by atoms with van der Waals surface area (Å²) in [4.78, 5) is 43.2. The largest absolute Gasteiger partial charge is 0.435 e. The molecule has 2 aromatic rings. The molecule has 2 atom stereocenters. The summed E-state index contributed by atoms with van der Waals surface area (Å²) < 4.78 is 56.6. The SMILES string of the molecule is CN1C(=O)CC(CC(=O)c2ccc(C3=NOC(c4ccc(F)c(Cl)c4)(C(F)(F)F)C3)c3c2CCC3)C1=O. The van der Waals surface area contributed by atoms with E-state index in [1.54, 1.807) is 6.07 Å². The number of halogens is 5. The number of rotatable bonds is 5. The van der Waals surface area contributed by atoms with Gasteiger partial charge in [-0.05, 0) is 42.5 Å². The van der Waals surface area contributed by atoms with Crippen molar-refractivity contribution in [3.05, 3.63) is 69.0 Å². The van der Waals surface area contributed by atoms with Crippen LogP contribution >= 0.6 is 11.6 Å². The number of carbonyl (C=O) groups excluding carboxylic acids is 3. The maximum Gasteiger partial charge on any atom is 0.435 e. The first-order valence-corrected chi connectivity index (χ1v) is 12.1. The molecule has 2 heterocycles. The lowest BCUT2D eigenvalue weighted by molar-refractivity contribution is -0.275. The Morgan fingerprint density at radius 3 is 2.57 bits per heavy atom. The van der Waals surface area contributed by atoms with Crippen LogP contribution in [-0.2, 0) is 32.9 Å². The minimum atomic E-state index is -4.88. The number of benzene rings is 2. The van der Waals surface area contributed by atoms with E-state index < -0.39 is 40.9 Å². The van der Waals surface area contributed by atoms with Crippen LogP contribution < -0.4 is 0 Å². The van der Waals surface area contributed by atoms with Crippen LogP contribution in [0.5, 0.6) is 0 Å². The molecule has 194 valence electrons. The van der Waals surface area contributed by atoms with Crippen LogP contribution in [-0.4, -0.2) is 41.4 Å². The smallest absolute Gasteiger partial charge is 0.374 e. The van der Waals surface area contributed by atoms with Crippen LogP contribution in [0.25, 0.3) is 0 Å². The lowest BCUT2D eigenvalue weighted by Crippen LogP contribution is -2.42. The minimum absolute atomic E-state index is 0.0254. The number of amides is 2. The van der Waals surface area contributed by atoms with Crippen molar-refractivity contribution in [1.82, 2.24) is 4.90 Å². The third kappa shape index (κ3) is 4.11. The number of oxime groups is 1. The normalized spacial score (nSPS) is 23.4. The number of ketones is 1. The van der Waals surface area contributed by atoms with Gasteiger partial charge in [0.1, 0.15) is 5.82 Å². The highest BCUT2D eigenvalue weighted by Crippen LogP contribution is 2.50. The van der Waals surface area contributed by atoms with Crippen LogP contribution in [0.2, 0.25) is 5.02 Å². The zero-order chi connectivity index (χ0) is 26.7. The summed E-state index contributed by atoms with van der Waals surface area (Å²) in [5.74, 6) is -2.59. The molecule has 3 aliphatic rings. The summed E-state index contributed by atoms with van der Waals surface area (Å²) in [5.41, 5.74) is -0.851. The zero-order valence-corrected chi connectivity index (χ0v) is 20.4. The van der Waals surface area contributed by atoms with Gasteiger partial charge in [0.2, 0.25) is 11.8 Å². The molecule has 0 N–H and O–H groups in total.